The molecule has 3 rings (SSSR count). The second-order valence-electron chi connectivity index (χ2n) is 12.4. The number of aryl methyl sites for hydroxylation is 2. The largest absolute Gasteiger partial charge is 0.507 e. The number of para-hydroxylation sites is 1. The van der Waals surface area contributed by atoms with Crippen LogP contribution in [0.25, 0.3) is 0 Å². The lowest BCUT2D eigenvalue weighted by Gasteiger charge is -2.31. The van der Waals surface area contributed by atoms with Crippen molar-refractivity contribution in [2.45, 2.75) is 119 Å². The summed E-state index contributed by atoms with van der Waals surface area (Å²) in [5.41, 5.74) is 10.5. The van der Waals surface area contributed by atoms with Crippen molar-refractivity contribution >= 4 is 5.69 Å². The van der Waals surface area contributed by atoms with Crippen molar-refractivity contribution in [1.82, 2.24) is 0 Å². The van der Waals surface area contributed by atoms with E-state index >= 15 is 0 Å². The summed E-state index contributed by atoms with van der Waals surface area (Å²) in [7, 11) is 0. The molecule has 0 atom stereocenters. The third-order valence-corrected chi connectivity index (χ3v) is 7.97. The van der Waals surface area contributed by atoms with E-state index in [4.69, 9.17) is 0 Å². The zero-order chi connectivity index (χ0) is 29.0. The van der Waals surface area contributed by atoms with Crippen LogP contribution >= 0.6 is 0 Å². The Hall–Kier alpha value is -2.94. The average Bonchev–Trinajstić information content (AvgIpc) is 2.88. The molecule has 0 aliphatic carbocycles. The molecule has 3 aromatic carbocycles. The summed E-state index contributed by atoms with van der Waals surface area (Å²) in [5.74, 6) is 1.85. The summed E-state index contributed by atoms with van der Waals surface area (Å²) in [6, 6.07) is 15.5. The second kappa shape index (κ2) is 12.9. The van der Waals surface area contributed by atoms with Gasteiger partial charge < -0.3 is 15.1 Å². The molecular formula is C36H51NO2. The van der Waals surface area contributed by atoms with Crippen LogP contribution in [0.2, 0.25) is 0 Å². The Bertz CT molecular complexity index is 1120. The van der Waals surface area contributed by atoms with Crippen LogP contribution in [-0.4, -0.2) is 10.2 Å². The van der Waals surface area contributed by atoms with E-state index in [9.17, 15) is 10.2 Å². The number of hydrogen-bond donors (Lipinski definition) is 2. The zero-order valence-electron chi connectivity index (χ0n) is 26.0. The van der Waals surface area contributed by atoms with Crippen LogP contribution in [0, 0.1) is 0 Å². The maximum Gasteiger partial charge on any atom is 0.122 e. The molecule has 3 aromatic rings. The fourth-order valence-electron chi connectivity index (χ4n) is 5.71. The lowest BCUT2D eigenvalue weighted by atomic mass is 9.90. The number of phenols is 2. The van der Waals surface area contributed by atoms with Crippen molar-refractivity contribution in [3.63, 3.8) is 0 Å². The van der Waals surface area contributed by atoms with Crippen molar-refractivity contribution in [1.29, 1.82) is 0 Å². The molecule has 0 aromatic heterocycles. The Morgan fingerprint density at radius 3 is 1.13 bits per heavy atom. The molecule has 212 valence electrons. The topological polar surface area (TPSA) is 43.7 Å². The Kier molecular flexibility index (Phi) is 10.2. The van der Waals surface area contributed by atoms with Crippen molar-refractivity contribution in [3.8, 4) is 11.5 Å². The van der Waals surface area contributed by atoms with E-state index in [2.05, 4.69) is 117 Å². The fraction of sp³-hybridized carbons (Fsp3) is 0.500. The van der Waals surface area contributed by atoms with Gasteiger partial charge in [0.2, 0.25) is 0 Å². The molecule has 0 saturated carbocycles. The summed E-state index contributed by atoms with van der Waals surface area (Å²) in [5, 5.41) is 22.1. The minimum Gasteiger partial charge on any atom is -0.507 e. The van der Waals surface area contributed by atoms with E-state index in [1.807, 2.05) is 0 Å². The molecule has 0 fully saturated rings. The first-order chi connectivity index (χ1) is 18.4. The van der Waals surface area contributed by atoms with Crippen LogP contribution in [0.1, 0.15) is 137 Å². The number of anilines is 1. The van der Waals surface area contributed by atoms with E-state index < -0.39 is 0 Å². The van der Waals surface area contributed by atoms with Gasteiger partial charge in [-0.15, -0.1) is 0 Å². The first-order valence-electron chi connectivity index (χ1n) is 15.0. The summed E-state index contributed by atoms with van der Waals surface area (Å²) < 4.78 is 0. The molecule has 0 aliphatic heterocycles. The molecule has 0 aliphatic rings. The predicted octanol–water partition coefficient (Wildman–Crippen LogP) is 9.92. The third-order valence-electron chi connectivity index (χ3n) is 7.97. The molecule has 0 heterocycles. The highest BCUT2D eigenvalue weighted by molar-refractivity contribution is 5.61. The van der Waals surface area contributed by atoms with Crippen LogP contribution < -0.4 is 4.90 Å². The average molecular weight is 530 g/mol. The van der Waals surface area contributed by atoms with Gasteiger partial charge in [-0.05, 0) is 81.0 Å². The molecule has 0 radical (unpaired) electrons. The third kappa shape index (κ3) is 6.80. The van der Waals surface area contributed by atoms with Crippen molar-refractivity contribution < 1.29 is 10.2 Å². The van der Waals surface area contributed by atoms with E-state index in [0.29, 0.717) is 11.5 Å². The number of hydrogen-bond acceptors (Lipinski definition) is 3. The maximum atomic E-state index is 11.1. The minimum absolute atomic E-state index is 0.240. The number of benzene rings is 3. The number of aromatic hydroxyl groups is 2. The highest BCUT2D eigenvalue weighted by Gasteiger charge is 2.22. The molecule has 3 nitrogen and oxygen atoms in total. The van der Waals surface area contributed by atoms with Gasteiger partial charge in [0.05, 0.1) is 0 Å². The van der Waals surface area contributed by atoms with Gasteiger partial charge in [-0.3, -0.25) is 0 Å². The van der Waals surface area contributed by atoms with Gasteiger partial charge in [0.1, 0.15) is 11.5 Å². The fourth-order valence-corrected chi connectivity index (χ4v) is 5.71. The quantitative estimate of drug-likeness (QED) is 0.260. The first-order valence-corrected chi connectivity index (χ1v) is 15.0. The summed E-state index contributed by atoms with van der Waals surface area (Å²) in [6.45, 7) is 23.2. The predicted molar refractivity (Wildman–Crippen MR) is 168 cm³/mol. The van der Waals surface area contributed by atoms with E-state index in [0.717, 1.165) is 48.2 Å². The number of rotatable bonds is 11. The molecule has 0 bridgehead atoms. The van der Waals surface area contributed by atoms with Gasteiger partial charge in [0.15, 0.2) is 0 Å². The van der Waals surface area contributed by atoms with Crippen molar-refractivity contribution in [3.05, 3.63) is 87.0 Å². The van der Waals surface area contributed by atoms with Crippen LogP contribution in [0.15, 0.2) is 42.5 Å². The number of phenolic OH excluding ortho intramolecular Hbond substituents is 2. The minimum atomic E-state index is 0.240. The molecular weight excluding hydrogens is 478 g/mol. The second-order valence-corrected chi connectivity index (χ2v) is 12.4. The molecule has 39 heavy (non-hydrogen) atoms. The van der Waals surface area contributed by atoms with Crippen LogP contribution in [0.3, 0.4) is 0 Å². The highest BCUT2D eigenvalue weighted by atomic mass is 16.3. The van der Waals surface area contributed by atoms with E-state index in [1.54, 1.807) is 0 Å². The molecule has 3 heteroatoms. The van der Waals surface area contributed by atoms with Crippen LogP contribution in [-0.2, 0) is 25.9 Å². The highest BCUT2D eigenvalue weighted by Crippen LogP contribution is 2.39. The molecule has 2 N–H and O–H groups in total. The van der Waals surface area contributed by atoms with Gasteiger partial charge in [-0.1, -0.05) is 112 Å². The Morgan fingerprint density at radius 2 is 0.872 bits per heavy atom. The Balaban J connectivity index is 2.23. The van der Waals surface area contributed by atoms with Crippen molar-refractivity contribution in [2.24, 2.45) is 0 Å². The first kappa shape index (κ1) is 30.6. The molecule has 0 spiro atoms. The van der Waals surface area contributed by atoms with Crippen LogP contribution in [0.4, 0.5) is 5.69 Å². The van der Waals surface area contributed by atoms with Gasteiger partial charge in [-0.2, -0.15) is 0 Å². The zero-order valence-corrected chi connectivity index (χ0v) is 26.0. The van der Waals surface area contributed by atoms with Gasteiger partial charge in [0.25, 0.3) is 0 Å². The smallest absolute Gasteiger partial charge is 0.122 e. The molecule has 0 saturated heterocycles. The van der Waals surface area contributed by atoms with Crippen LogP contribution in [0.5, 0.6) is 11.5 Å². The standard InChI is InChI=1S/C36H51NO2/c1-11-28-14-13-15-29(12-2)34(28)37(20-26-16-30(22(3)4)35(38)31(17-26)23(5)6)21-27-18-32(24(7)8)36(39)33(19-27)25(9)10/h13-19,22-25,38-39H,11-12,20-21H2,1-10H3. The lowest BCUT2D eigenvalue weighted by Crippen LogP contribution is -2.25. The van der Waals surface area contributed by atoms with Gasteiger partial charge >= 0.3 is 0 Å². The summed E-state index contributed by atoms with van der Waals surface area (Å²) in [6.07, 6.45) is 1.93. The van der Waals surface area contributed by atoms with Crippen molar-refractivity contribution in [2.75, 3.05) is 4.90 Å². The van der Waals surface area contributed by atoms with Gasteiger partial charge in [-0.25, -0.2) is 0 Å². The Morgan fingerprint density at radius 1 is 0.564 bits per heavy atom. The molecule has 0 amide bonds. The normalized spacial score (nSPS) is 11.8. The molecule has 0 unspecified atom stereocenters. The monoisotopic (exact) mass is 529 g/mol. The lowest BCUT2D eigenvalue weighted by molar-refractivity contribution is 0.453. The maximum absolute atomic E-state index is 11.1. The summed E-state index contributed by atoms with van der Waals surface area (Å²) in [4.78, 5) is 2.53. The SMILES string of the molecule is CCc1cccc(CC)c1N(Cc1cc(C(C)C)c(O)c(C(C)C)c1)Cc1cc(C(C)C)c(O)c(C(C)C)c1. The van der Waals surface area contributed by atoms with E-state index in [1.165, 1.54) is 27.9 Å². The van der Waals surface area contributed by atoms with E-state index in [-0.39, 0.29) is 23.7 Å². The Labute approximate surface area is 237 Å². The summed E-state index contributed by atoms with van der Waals surface area (Å²) >= 11 is 0. The van der Waals surface area contributed by atoms with Gasteiger partial charge in [0, 0.05) is 18.8 Å². The number of nitrogens with zero attached hydrogens (tertiary/aromatic N) is 1.